The quantitative estimate of drug-likeness (QED) is 0.195. The number of hydrogen-bond acceptors (Lipinski definition) is 2. The van der Waals surface area contributed by atoms with E-state index in [1.165, 1.54) is 44.1 Å². The number of fused-ring (bicyclic) bond motifs is 5. The van der Waals surface area contributed by atoms with Gasteiger partial charge in [0.25, 0.3) is 0 Å². The van der Waals surface area contributed by atoms with E-state index in [9.17, 15) is 0 Å². The molecule has 0 aromatic carbocycles. The molecule has 4 rings (SSSR count). The highest BCUT2D eigenvalue weighted by molar-refractivity contribution is 6.74. The normalized spacial score (nSPS) is 36.6. The molecule has 0 bridgehead atoms. The first-order valence-electron chi connectivity index (χ1n) is 15.2. The lowest BCUT2D eigenvalue weighted by atomic mass is 9.47. The molecule has 0 N–H and O–H groups in total. The van der Waals surface area contributed by atoms with Crippen molar-refractivity contribution >= 4 is 16.6 Å². The fourth-order valence-electron chi connectivity index (χ4n) is 7.84. The standard InChI is InChI=1S/C33H58O2Si2/c1-23(34-36(10,11)30(2,3)4)27-16-17-28-26-15-14-24-22-25(35-37(12,13)31(5,6)7)18-20-32(24,8)29(26)19-21-33(27,28)9/h14,16,25-26,28-29H,1,15,17-22H2,2-13H3/t25-,26-,28-,29-,32-,33+/m0/s1. The first-order chi connectivity index (χ1) is 16.7. The second-order valence-corrected chi connectivity index (χ2v) is 26.1. The van der Waals surface area contributed by atoms with Crippen LogP contribution in [0.3, 0.4) is 0 Å². The molecule has 210 valence electrons. The Morgan fingerprint density at radius 1 is 0.838 bits per heavy atom. The van der Waals surface area contributed by atoms with Crippen LogP contribution in [0.4, 0.5) is 0 Å². The van der Waals surface area contributed by atoms with Crippen LogP contribution in [0.2, 0.25) is 36.3 Å². The largest absolute Gasteiger partial charge is 0.544 e. The molecule has 0 aliphatic heterocycles. The molecule has 0 heterocycles. The second-order valence-electron chi connectivity index (χ2n) is 16.6. The molecular weight excluding hydrogens is 485 g/mol. The first kappa shape index (κ1) is 29.4. The molecule has 0 saturated heterocycles. The van der Waals surface area contributed by atoms with Crippen LogP contribution in [-0.4, -0.2) is 22.7 Å². The minimum absolute atomic E-state index is 0.194. The highest BCUT2D eigenvalue weighted by Gasteiger charge is 2.58. The van der Waals surface area contributed by atoms with E-state index in [4.69, 9.17) is 8.85 Å². The molecule has 0 unspecified atom stereocenters. The SMILES string of the molecule is C=C(O[Si](C)(C)C(C)(C)C)C1=CC[C@H]2[C@@H]3CC=C4C[C@@H](O[Si](C)(C)C(C)(C)C)CC[C@]4(C)[C@H]3CC[C@]12C. The van der Waals surface area contributed by atoms with Crippen molar-refractivity contribution in [2.75, 3.05) is 0 Å². The molecule has 0 spiro atoms. The summed E-state index contributed by atoms with van der Waals surface area (Å²) in [5.41, 5.74) is 3.73. The van der Waals surface area contributed by atoms with Crippen molar-refractivity contribution < 1.29 is 8.85 Å². The number of allylic oxidation sites excluding steroid dienone is 3. The molecule has 37 heavy (non-hydrogen) atoms. The Labute approximate surface area is 232 Å². The summed E-state index contributed by atoms with van der Waals surface area (Å²) in [7, 11) is -3.62. The summed E-state index contributed by atoms with van der Waals surface area (Å²) in [5, 5.41) is 0.471. The number of hydrogen-bond donors (Lipinski definition) is 0. The zero-order chi connectivity index (χ0) is 27.8. The Kier molecular flexibility index (Phi) is 7.33. The highest BCUT2D eigenvalue weighted by Crippen LogP contribution is 2.66. The molecular formula is C33H58O2Si2. The Morgan fingerprint density at radius 2 is 1.43 bits per heavy atom. The van der Waals surface area contributed by atoms with Gasteiger partial charge in [-0.25, -0.2) is 0 Å². The zero-order valence-electron chi connectivity index (χ0n) is 26.4. The monoisotopic (exact) mass is 542 g/mol. The third-order valence-corrected chi connectivity index (χ3v) is 21.3. The van der Waals surface area contributed by atoms with E-state index in [-0.39, 0.29) is 15.5 Å². The van der Waals surface area contributed by atoms with Gasteiger partial charge in [-0.1, -0.05) is 79.7 Å². The topological polar surface area (TPSA) is 18.5 Å². The highest BCUT2D eigenvalue weighted by atomic mass is 28.4. The van der Waals surface area contributed by atoms with Gasteiger partial charge < -0.3 is 8.85 Å². The van der Waals surface area contributed by atoms with Gasteiger partial charge in [-0.05, 0) is 115 Å². The van der Waals surface area contributed by atoms with Crippen LogP contribution >= 0.6 is 0 Å². The van der Waals surface area contributed by atoms with E-state index >= 15 is 0 Å². The van der Waals surface area contributed by atoms with Gasteiger partial charge >= 0.3 is 0 Å². The fourth-order valence-corrected chi connectivity index (χ4v) is 10.3. The van der Waals surface area contributed by atoms with E-state index in [0.717, 1.165) is 29.9 Å². The maximum Gasteiger partial charge on any atom is 0.250 e. The van der Waals surface area contributed by atoms with Crippen LogP contribution in [0.1, 0.15) is 100 Å². The Balaban J connectivity index is 1.50. The molecule has 2 fully saturated rings. The average Bonchev–Trinajstić information content (AvgIpc) is 3.09. The molecule has 0 amide bonds. The van der Waals surface area contributed by atoms with Gasteiger partial charge in [0.05, 0.1) is 5.76 Å². The van der Waals surface area contributed by atoms with Crippen LogP contribution < -0.4 is 0 Å². The third-order valence-electron chi connectivity index (χ3n) is 12.4. The van der Waals surface area contributed by atoms with Crippen molar-refractivity contribution in [3.8, 4) is 0 Å². The summed E-state index contributed by atoms with van der Waals surface area (Å²) < 4.78 is 13.7. The van der Waals surface area contributed by atoms with E-state index in [1.54, 1.807) is 5.57 Å². The van der Waals surface area contributed by atoms with Gasteiger partial charge in [0.15, 0.2) is 8.32 Å². The van der Waals surface area contributed by atoms with Crippen molar-refractivity contribution in [2.45, 2.75) is 143 Å². The Bertz CT molecular complexity index is 975. The molecule has 6 atom stereocenters. The maximum absolute atomic E-state index is 6.93. The minimum atomic E-state index is -1.89. The summed E-state index contributed by atoms with van der Waals surface area (Å²) in [5.74, 6) is 3.29. The summed E-state index contributed by atoms with van der Waals surface area (Å²) in [6, 6.07) is 0. The molecule has 4 aliphatic rings. The molecule has 0 aromatic heterocycles. The van der Waals surface area contributed by atoms with Crippen LogP contribution in [0.5, 0.6) is 0 Å². The predicted octanol–water partition coefficient (Wildman–Crippen LogP) is 10.4. The van der Waals surface area contributed by atoms with E-state index in [2.05, 4.69) is 100 Å². The Hall–Kier alpha value is -0.586. The van der Waals surface area contributed by atoms with Gasteiger partial charge in [0, 0.05) is 6.10 Å². The third kappa shape index (κ3) is 4.95. The zero-order valence-corrected chi connectivity index (χ0v) is 28.4. The van der Waals surface area contributed by atoms with Crippen molar-refractivity contribution in [2.24, 2.45) is 28.6 Å². The van der Waals surface area contributed by atoms with Crippen molar-refractivity contribution in [1.29, 1.82) is 0 Å². The lowest BCUT2D eigenvalue weighted by Crippen LogP contribution is -2.51. The lowest BCUT2D eigenvalue weighted by Gasteiger charge is -2.58. The molecule has 0 aromatic rings. The predicted molar refractivity (Wildman–Crippen MR) is 165 cm³/mol. The van der Waals surface area contributed by atoms with Crippen molar-refractivity contribution in [1.82, 2.24) is 0 Å². The Morgan fingerprint density at radius 3 is 2.03 bits per heavy atom. The summed E-state index contributed by atoms with van der Waals surface area (Å²) in [4.78, 5) is 0. The van der Waals surface area contributed by atoms with Crippen molar-refractivity contribution in [3.63, 3.8) is 0 Å². The average molecular weight is 543 g/mol. The van der Waals surface area contributed by atoms with Gasteiger partial charge in [-0.15, -0.1) is 0 Å². The summed E-state index contributed by atoms with van der Waals surface area (Å²) in [6.45, 7) is 33.3. The van der Waals surface area contributed by atoms with Crippen LogP contribution in [-0.2, 0) is 8.85 Å². The van der Waals surface area contributed by atoms with Crippen LogP contribution in [0, 0.1) is 28.6 Å². The molecule has 2 nitrogen and oxygen atoms in total. The summed E-state index contributed by atoms with van der Waals surface area (Å²) >= 11 is 0. The second kappa shape index (κ2) is 9.23. The van der Waals surface area contributed by atoms with E-state index in [0.29, 0.717) is 11.5 Å². The van der Waals surface area contributed by atoms with Gasteiger partial charge in [0.1, 0.15) is 0 Å². The molecule has 0 radical (unpaired) electrons. The van der Waals surface area contributed by atoms with Gasteiger partial charge in [-0.3, -0.25) is 0 Å². The van der Waals surface area contributed by atoms with E-state index in [1.807, 2.05) is 0 Å². The fraction of sp³-hybridized carbons (Fsp3) is 0.818. The maximum atomic E-state index is 6.93. The van der Waals surface area contributed by atoms with Gasteiger partial charge in [-0.2, -0.15) is 0 Å². The van der Waals surface area contributed by atoms with Gasteiger partial charge in [0.2, 0.25) is 8.32 Å². The molecule has 4 heteroatoms. The smallest absolute Gasteiger partial charge is 0.250 e. The number of rotatable bonds is 5. The molecule has 2 saturated carbocycles. The van der Waals surface area contributed by atoms with E-state index < -0.39 is 16.6 Å². The minimum Gasteiger partial charge on any atom is -0.544 e. The molecule has 4 aliphatic carbocycles. The lowest BCUT2D eigenvalue weighted by molar-refractivity contribution is -0.0283. The van der Waals surface area contributed by atoms with Crippen LogP contribution in [0.15, 0.2) is 35.6 Å². The van der Waals surface area contributed by atoms with Crippen molar-refractivity contribution in [3.05, 3.63) is 35.6 Å². The van der Waals surface area contributed by atoms with Crippen LogP contribution in [0.25, 0.3) is 0 Å². The first-order valence-corrected chi connectivity index (χ1v) is 21.0. The summed E-state index contributed by atoms with van der Waals surface area (Å²) in [6.07, 6.45) is 14.4.